The van der Waals surface area contributed by atoms with E-state index in [1.807, 2.05) is 37.3 Å². The Labute approximate surface area is 147 Å². The van der Waals surface area contributed by atoms with Crippen molar-refractivity contribution in [2.45, 2.75) is 25.5 Å². The molecule has 1 fully saturated rings. The fourth-order valence-electron chi connectivity index (χ4n) is 3.18. The maximum atomic E-state index is 11.9. The number of aliphatic hydroxyl groups excluding tert-OH is 1. The van der Waals surface area contributed by atoms with Crippen LogP contribution >= 0.6 is 0 Å². The van der Waals surface area contributed by atoms with E-state index in [1.54, 1.807) is 19.4 Å². The zero-order valence-electron chi connectivity index (χ0n) is 14.5. The Bertz CT molecular complexity index is 733. The first-order chi connectivity index (χ1) is 12.1. The number of carbonyl (C=O) groups excluding carboxylic acids is 1. The summed E-state index contributed by atoms with van der Waals surface area (Å²) >= 11 is 0. The van der Waals surface area contributed by atoms with Crippen LogP contribution in [0.5, 0.6) is 5.75 Å². The molecule has 0 saturated carbocycles. The van der Waals surface area contributed by atoms with E-state index in [-0.39, 0.29) is 11.9 Å². The number of hydrogen-bond donors (Lipinski definition) is 2. The van der Waals surface area contributed by atoms with Gasteiger partial charge in [0, 0.05) is 19.3 Å². The Morgan fingerprint density at radius 1 is 1.40 bits per heavy atom. The standard InChI is InChI=1S/C19H23N3O3/c1-3-20-19(24)14-7-8-18(21-11-14)22-12-15(23)10-17(22)13-5-4-6-16(9-13)25-2/h4-9,11,15,17,23H,3,10,12H2,1-2H3,(H,20,24). The van der Waals surface area contributed by atoms with Crippen LogP contribution in [-0.2, 0) is 0 Å². The summed E-state index contributed by atoms with van der Waals surface area (Å²) in [6.45, 7) is 2.97. The number of anilines is 1. The lowest BCUT2D eigenvalue weighted by Crippen LogP contribution is -2.26. The molecule has 1 amide bonds. The van der Waals surface area contributed by atoms with Crippen molar-refractivity contribution in [3.8, 4) is 5.75 Å². The fourth-order valence-corrected chi connectivity index (χ4v) is 3.18. The van der Waals surface area contributed by atoms with Crippen LogP contribution in [0.3, 0.4) is 0 Å². The van der Waals surface area contributed by atoms with E-state index in [4.69, 9.17) is 4.74 Å². The summed E-state index contributed by atoms with van der Waals surface area (Å²) in [5.41, 5.74) is 1.61. The largest absolute Gasteiger partial charge is 0.497 e. The first-order valence-electron chi connectivity index (χ1n) is 8.45. The first kappa shape index (κ1) is 17.2. The number of nitrogens with zero attached hydrogens (tertiary/aromatic N) is 2. The van der Waals surface area contributed by atoms with E-state index < -0.39 is 6.10 Å². The minimum Gasteiger partial charge on any atom is -0.497 e. The molecule has 0 radical (unpaired) electrons. The lowest BCUT2D eigenvalue weighted by atomic mass is 10.0. The third-order valence-electron chi connectivity index (χ3n) is 4.40. The Kier molecular flexibility index (Phi) is 5.19. The van der Waals surface area contributed by atoms with Crippen LogP contribution < -0.4 is 15.0 Å². The van der Waals surface area contributed by atoms with Crippen LogP contribution in [0.1, 0.15) is 35.3 Å². The maximum Gasteiger partial charge on any atom is 0.252 e. The monoisotopic (exact) mass is 341 g/mol. The summed E-state index contributed by atoms with van der Waals surface area (Å²) < 4.78 is 5.31. The number of aliphatic hydroxyl groups is 1. The molecule has 132 valence electrons. The number of methoxy groups -OCH3 is 1. The van der Waals surface area contributed by atoms with Crippen molar-refractivity contribution in [1.82, 2.24) is 10.3 Å². The van der Waals surface area contributed by atoms with Gasteiger partial charge < -0.3 is 20.1 Å². The number of aromatic nitrogens is 1. The molecule has 1 saturated heterocycles. The van der Waals surface area contributed by atoms with Gasteiger partial charge in [0.05, 0.1) is 24.8 Å². The number of pyridine rings is 1. The van der Waals surface area contributed by atoms with E-state index in [2.05, 4.69) is 15.2 Å². The molecule has 0 spiro atoms. The van der Waals surface area contributed by atoms with E-state index in [0.29, 0.717) is 25.1 Å². The van der Waals surface area contributed by atoms with Gasteiger partial charge in [0.1, 0.15) is 11.6 Å². The normalized spacial score (nSPS) is 19.7. The number of amides is 1. The second-order valence-corrected chi connectivity index (χ2v) is 6.10. The predicted molar refractivity (Wildman–Crippen MR) is 95.9 cm³/mol. The van der Waals surface area contributed by atoms with Gasteiger partial charge >= 0.3 is 0 Å². The molecule has 0 bridgehead atoms. The Balaban J connectivity index is 1.85. The number of ether oxygens (including phenoxy) is 1. The van der Waals surface area contributed by atoms with Gasteiger partial charge in [0.25, 0.3) is 5.91 Å². The van der Waals surface area contributed by atoms with Crippen LogP contribution in [0.25, 0.3) is 0 Å². The summed E-state index contributed by atoms with van der Waals surface area (Å²) in [5, 5.41) is 12.9. The molecular formula is C19H23N3O3. The van der Waals surface area contributed by atoms with Crippen molar-refractivity contribution in [3.63, 3.8) is 0 Å². The summed E-state index contributed by atoms with van der Waals surface area (Å²) in [6.07, 6.45) is 1.79. The number of hydrogen-bond acceptors (Lipinski definition) is 5. The average Bonchev–Trinajstić information content (AvgIpc) is 3.04. The lowest BCUT2D eigenvalue weighted by molar-refractivity contribution is 0.0955. The molecule has 2 aromatic rings. The smallest absolute Gasteiger partial charge is 0.252 e. The molecule has 1 aliphatic rings. The van der Waals surface area contributed by atoms with Crippen LogP contribution in [0.15, 0.2) is 42.6 Å². The molecule has 2 N–H and O–H groups in total. The summed E-state index contributed by atoms with van der Waals surface area (Å²) in [6, 6.07) is 11.5. The van der Waals surface area contributed by atoms with Gasteiger partial charge in [-0.2, -0.15) is 0 Å². The van der Waals surface area contributed by atoms with Gasteiger partial charge in [-0.1, -0.05) is 12.1 Å². The number of benzene rings is 1. The third kappa shape index (κ3) is 3.74. The second kappa shape index (κ2) is 7.53. The molecule has 3 rings (SSSR count). The second-order valence-electron chi connectivity index (χ2n) is 6.10. The Hall–Kier alpha value is -2.60. The molecule has 6 nitrogen and oxygen atoms in total. The van der Waals surface area contributed by atoms with Gasteiger partial charge in [-0.25, -0.2) is 4.98 Å². The molecule has 2 atom stereocenters. The summed E-state index contributed by atoms with van der Waals surface area (Å²) in [5.74, 6) is 1.41. The van der Waals surface area contributed by atoms with Gasteiger partial charge in [-0.15, -0.1) is 0 Å². The van der Waals surface area contributed by atoms with Gasteiger partial charge in [0.15, 0.2) is 0 Å². The molecule has 0 aliphatic carbocycles. The Morgan fingerprint density at radius 3 is 2.92 bits per heavy atom. The average molecular weight is 341 g/mol. The van der Waals surface area contributed by atoms with Crippen LogP contribution in [0, 0.1) is 0 Å². The molecule has 25 heavy (non-hydrogen) atoms. The fraction of sp³-hybridized carbons (Fsp3) is 0.368. The molecule has 1 aliphatic heterocycles. The van der Waals surface area contributed by atoms with E-state index in [9.17, 15) is 9.90 Å². The van der Waals surface area contributed by atoms with Crippen LogP contribution in [-0.4, -0.2) is 42.3 Å². The molecule has 1 aromatic heterocycles. The zero-order chi connectivity index (χ0) is 17.8. The van der Waals surface area contributed by atoms with Crippen molar-refractivity contribution in [2.24, 2.45) is 0 Å². The topological polar surface area (TPSA) is 74.7 Å². The molecule has 6 heteroatoms. The van der Waals surface area contributed by atoms with E-state index in [0.717, 1.165) is 17.1 Å². The highest BCUT2D eigenvalue weighted by Crippen LogP contribution is 2.36. The maximum absolute atomic E-state index is 11.9. The highest BCUT2D eigenvalue weighted by molar-refractivity contribution is 5.94. The number of β-amino-alcohol motifs (C(OH)–C–C–N with tert-alkyl or cyclic N) is 1. The van der Waals surface area contributed by atoms with Crippen molar-refractivity contribution < 1.29 is 14.6 Å². The minimum atomic E-state index is -0.416. The van der Waals surface area contributed by atoms with E-state index >= 15 is 0 Å². The number of nitrogens with one attached hydrogen (secondary N) is 1. The highest BCUT2D eigenvalue weighted by Gasteiger charge is 2.33. The highest BCUT2D eigenvalue weighted by atomic mass is 16.5. The van der Waals surface area contributed by atoms with Crippen LogP contribution in [0.4, 0.5) is 5.82 Å². The van der Waals surface area contributed by atoms with Crippen LogP contribution in [0.2, 0.25) is 0 Å². The van der Waals surface area contributed by atoms with Gasteiger partial charge in [0.2, 0.25) is 0 Å². The lowest BCUT2D eigenvalue weighted by Gasteiger charge is -2.26. The van der Waals surface area contributed by atoms with Crippen molar-refractivity contribution in [1.29, 1.82) is 0 Å². The van der Waals surface area contributed by atoms with Crippen molar-refractivity contribution in [2.75, 3.05) is 25.1 Å². The molecule has 1 aromatic carbocycles. The molecule has 2 heterocycles. The number of carbonyl (C=O) groups is 1. The minimum absolute atomic E-state index is 0.0212. The SMILES string of the molecule is CCNC(=O)c1ccc(N2CC(O)CC2c2cccc(OC)c2)nc1. The molecular weight excluding hydrogens is 318 g/mol. The zero-order valence-corrected chi connectivity index (χ0v) is 14.5. The van der Waals surface area contributed by atoms with Crippen molar-refractivity contribution in [3.05, 3.63) is 53.7 Å². The first-order valence-corrected chi connectivity index (χ1v) is 8.45. The van der Waals surface area contributed by atoms with Gasteiger partial charge in [-0.05, 0) is 43.2 Å². The quantitative estimate of drug-likeness (QED) is 0.872. The molecule has 2 unspecified atom stereocenters. The van der Waals surface area contributed by atoms with E-state index in [1.165, 1.54) is 0 Å². The number of rotatable bonds is 5. The predicted octanol–water partition coefficient (Wildman–Crippen LogP) is 2.15. The van der Waals surface area contributed by atoms with Crippen molar-refractivity contribution >= 4 is 11.7 Å². The summed E-state index contributed by atoms with van der Waals surface area (Å²) in [7, 11) is 1.64. The van der Waals surface area contributed by atoms with Gasteiger partial charge in [-0.3, -0.25) is 4.79 Å². The Morgan fingerprint density at radius 2 is 2.24 bits per heavy atom. The third-order valence-corrected chi connectivity index (χ3v) is 4.40. The summed E-state index contributed by atoms with van der Waals surface area (Å²) in [4.78, 5) is 18.4.